The first kappa shape index (κ1) is 21.8. The van der Waals surface area contributed by atoms with Crippen LogP contribution in [-0.2, 0) is 21.2 Å². The highest BCUT2D eigenvalue weighted by Crippen LogP contribution is 2.25. The van der Waals surface area contributed by atoms with Gasteiger partial charge in [0.1, 0.15) is 0 Å². The number of carbonyl (C=O) groups excluding carboxylic acids is 1. The third kappa shape index (κ3) is 5.59. The molecule has 5 nitrogen and oxygen atoms in total. The number of rotatable bonds is 6. The second kappa shape index (κ2) is 8.86. The van der Waals surface area contributed by atoms with Gasteiger partial charge in [0, 0.05) is 23.7 Å². The number of carbonyl (C=O) groups is 1. The maximum Gasteiger partial charge on any atom is 0.243 e. The molecule has 0 aromatic heterocycles. The molecule has 3 rings (SSSR count). The molecule has 1 atom stereocenters. The Labute approximate surface area is 178 Å². The van der Waals surface area contributed by atoms with Crippen molar-refractivity contribution in [1.82, 2.24) is 9.62 Å². The maximum absolute atomic E-state index is 12.9. The predicted octanol–water partition coefficient (Wildman–Crippen LogP) is 3.88. The largest absolute Gasteiger partial charge is 0.351 e. The summed E-state index contributed by atoms with van der Waals surface area (Å²) < 4.78 is 27.3. The molecule has 1 aliphatic heterocycles. The Morgan fingerprint density at radius 3 is 2.45 bits per heavy atom. The van der Waals surface area contributed by atoms with Crippen LogP contribution in [0.25, 0.3) is 0 Å². The second-order valence-corrected chi connectivity index (χ2v) is 10.6. The van der Waals surface area contributed by atoms with Gasteiger partial charge in [0.05, 0.1) is 10.8 Å². The van der Waals surface area contributed by atoms with E-state index in [1.807, 2.05) is 44.2 Å². The highest BCUT2D eigenvalue weighted by Gasteiger charge is 2.35. The van der Waals surface area contributed by atoms with Crippen molar-refractivity contribution in [3.05, 3.63) is 65.2 Å². The fourth-order valence-corrected chi connectivity index (χ4v) is 5.37. The van der Waals surface area contributed by atoms with Crippen LogP contribution in [0.2, 0.25) is 5.02 Å². The van der Waals surface area contributed by atoms with Crippen molar-refractivity contribution in [1.29, 1.82) is 0 Å². The van der Waals surface area contributed by atoms with Gasteiger partial charge in [0.25, 0.3) is 0 Å². The molecule has 0 radical (unpaired) electrons. The van der Waals surface area contributed by atoms with Crippen molar-refractivity contribution < 1.29 is 13.2 Å². The van der Waals surface area contributed by atoms with E-state index in [9.17, 15) is 13.2 Å². The van der Waals surface area contributed by atoms with Crippen molar-refractivity contribution in [2.24, 2.45) is 5.92 Å². The number of amides is 1. The van der Waals surface area contributed by atoms with Gasteiger partial charge in [-0.1, -0.05) is 41.9 Å². The molecule has 2 aromatic carbocycles. The lowest BCUT2D eigenvalue weighted by Gasteiger charge is -2.34. The van der Waals surface area contributed by atoms with Crippen LogP contribution in [0.5, 0.6) is 0 Å². The summed E-state index contributed by atoms with van der Waals surface area (Å²) in [6.45, 7) is 4.59. The summed E-state index contributed by atoms with van der Waals surface area (Å²) in [5, 5.41) is 3.60. The van der Waals surface area contributed by atoms with Gasteiger partial charge in [0.15, 0.2) is 0 Å². The minimum absolute atomic E-state index is 0.0954. The van der Waals surface area contributed by atoms with Crippen LogP contribution in [0.1, 0.15) is 32.3 Å². The van der Waals surface area contributed by atoms with E-state index >= 15 is 0 Å². The molecule has 1 aliphatic rings. The van der Waals surface area contributed by atoms with Crippen LogP contribution in [0.3, 0.4) is 0 Å². The Bertz CT molecular complexity index is 944. The zero-order valence-corrected chi connectivity index (χ0v) is 18.3. The minimum Gasteiger partial charge on any atom is -0.351 e. The van der Waals surface area contributed by atoms with E-state index in [0.29, 0.717) is 30.8 Å². The first-order chi connectivity index (χ1) is 13.7. The zero-order chi connectivity index (χ0) is 21.1. The molecule has 1 heterocycles. The van der Waals surface area contributed by atoms with E-state index < -0.39 is 15.6 Å². The highest BCUT2D eigenvalue weighted by molar-refractivity contribution is 7.89. The summed E-state index contributed by atoms with van der Waals surface area (Å²) in [4.78, 5) is 13.1. The van der Waals surface area contributed by atoms with Gasteiger partial charge in [0.2, 0.25) is 15.9 Å². The number of nitrogens with one attached hydrogen (secondary N) is 1. The van der Waals surface area contributed by atoms with E-state index in [2.05, 4.69) is 5.32 Å². The maximum atomic E-state index is 12.9. The molecule has 156 valence electrons. The number of hydrogen-bond acceptors (Lipinski definition) is 3. The van der Waals surface area contributed by atoms with E-state index in [-0.39, 0.29) is 23.3 Å². The van der Waals surface area contributed by atoms with Gasteiger partial charge in [-0.05, 0) is 62.9 Å². The van der Waals surface area contributed by atoms with Gasteiger partial charge in [-0.25, -0.2) is 8.42 Å². The van der Waals surface area contributed by atoms with E-state index in [1.54, 1.807) is 12.1 Å². The summed E-state index contributed by atoms with van der Waals surface area (Å²) in [6.07, 6.45) is 2.04. The van der Waals surface area contributed by atoms with Gasteiger partial charge in [-0.3, -0.25) is 4.79 Å². The third-order valence-corrected chi connectivity index (χ3v) is 7.29. The van der Waals surface area contributed by atoms with Gasteiger partial charge >= 0.3 is 0 Å². The summed E-state index contributed by atoms with van der Waals surface area (Å²) in [7, 11) is -3.64. The van der Waals surface area contributed by atoms with Crippen molar-refractivity contribution >= 4 is 27.5 Å². The number of benzene rings is 2. The molecule has 0 aliphatic carbocycles. The average molecular weight is 435 g/mol. The summed E-state index contributed by atoms with van der Waals surface area (Å²) in [6, 6.07) is 16.1. The Kier molecular flexibility index (Phi) is 6.66. The number of hydrogen-bond donors (Lipinski definition) is 1. The summed E-state index contributed by atoms with van der Waals surface area (Å²) in [5.41, 5.74) is 0.726. The Hall–Kier alpha value is -1.89. The Morgan fingerprint density at radius 1 is 1.14 bits per heavy atom. The van der Waals surface area contributed by atoms with Crippen LogP contribution in [0, 0.1) is 5.92 Å². The number of nitrogens with zero attached hydrogens (tertiary/aromatic N) is 1. The second-order valence-electron chi connectivity index (χ2n) is 8.19. The standard InChI is InChI=1S/C22H27ClN2O3S/c1-22(2,15-17-7-4-3-5-8-17)24-21(26)18-9-6-14-25(16-18)29(27,28)20-12-10-19(23)11-13-20/h3-5,7-8,10-13,18H,6,9,14-16H2,1-2H3,(H,24,26). The SMILES string of the molecule is CC(C)(Cc1ccccc1)NC(=O)C1CCCN(S(=O)(=O)c2ccc(Cl)cc2)C1. The molecule has 2 aromatic rings. The van der Waals surface area contributed by atoms with Crippen LogP contribution < -0.4 is 5.32 Å². The lowest BCUT2D eigenvalue weighted by Crippen LogP contribution is -2.51. The number of halogens is 1. The van der Waals surface area contributed by atoms with E-state index in [4.69, 9.17) is 11.6 Å². The quantitative estimate of drug-likeness (QED) is 0.750. The summed E-state index contributed by atoms with van der Waals surface area (Å²) >= 11 is 5.87. The molecule has 1 saturated heterocycles. The number of piperidine rings is 1. The lowest BCUT2D eigenvalue weighted by atomic mass is 9.92. The Balaban J connectivity index is 1.66. The normalized spacial score (nSPS) is 18.4. The smallest absolute Gasteiger partial charge is 0.243 e. The van der Waals surface area contributed by atoms with Gasteiger partial charge in [-0.2, -0.15) is 4.31 Å². The van der Waals surface area contributed by atoms with Crippen molar-refractivity contribution in [3.63, 3.8) is 0 Å². The molecule has 0 saturated carbocycles. The molecule has 1 N–H and O–H groups in total. The molecule has 0 bridgehead atoms. The lowest BCUT2D eigenvalue weighted by molar-refractivity contribution is -0.127. The minimum atomic E-state index is -3.64. The average Bonchev–Trinajstić information content (AvgIpc) is 2.68. The Morgan fingerprint density at radius 2 is 1.79 bits per heavy atom. The van der Waals surface area contributed by atoms with Crippen LogP contribution >= 0.6 is 11.6 Å². The summed E-state index contributed by atoms with van der Waals surface area (Å²) in [5.74, 6) is -0.456. The molecular weight excluding hydrogens is 408 g/mol. The van der Waals surface area contributed by atoms with Crippen LogP contribution in [0.15, 0.2) is 59.5 Å². The molecule has 29 heavy (non-hydrogen) atoms. The molecule has 1 fully saturated rings. The van der Waals surface area contributed by atoms with Crippen molar-refractivity contribution in [2.45, 2.75) is 43.5 Å². The topological polar surface area (TPSA) is 66.5 Å². The molecular formula is C22H27ClN2O3S. The molecule has 1 unspecified atom stereocenters. The molecule has 1 amide bonds. The molecule has 0 spiro atoms. The zero-order valence-electron chi connectivity index (χ0n) is 16.8. The van der Waals surface area contributed by atoms with Crippen molar-refractivity contribution in [2.75, 3.05) is 13.1 Å². The van der Waals surface area contributed by atoms with Crippen molar-refractivity contribution in [3.8, 4) is 0 Å². The first-order valence-corrected chi connectivity index (χ1v) is 11.6. The first-order valence-electron chi connectivity index (χ1n) is 9.79. The van der Waals surface area contributed by atoms with Crippen LogP contribution in [-0.4, -0.2) is 37.3 Å². The molecule has 7 heteroatoms. The highest BCUT2D eigenvalue weighted by atomic mass is 35.5. The monoisotopic (exact) mass is 434 g/mol. The fraction of sp³-hybridized carbons (Fsp3) is 0.409. The van der Waals surface area contributed by atoms with Gasteiger partial charge < -0.3 is 5.32 Å². The number of sulfonamides is 1. The predicted molar refractivity (Wildman–Crippen MR) is 115 cm³/mol. The van der Waals surface area contributed by atoms with Crippen LogP contribution in [0.4, 0.5) is 0 Å². The fourth-order valence-electron chi connectivity index (χ4n) is 3.72. The van der Waals surface area contributed by atoms with E-state index in [1.165, 1.54) is 16.4 Å². The third-order valence-electron chi connectivity index (χ3n) is 5.16. The van der Waals surface area contributed by atoms with Gasteiger partial charge in [-0.15, -0.1) is 0 Å². The van der Waals surface area contributed by atoms with E-state index in [0.717, 1.165) is 5.56 Å².